The fraction of sp³-hybridized carbons (Fsp3) is 0.611. The minimum absolute atomic E-state index is 0.141. The Hall–Kier alpha value is -0.960. The fourth-order valence-corrected chi connectivity index (χ4v) is 4.21. The summed E-state index contributed by atoms with van der Waals surface area (Å²) in [5.74, 6) is 0.774. The predicted octanol–water partition coefficient (Wildman–Crippen LogP) is 5.30. The van der Waals surface area contributed by atoms with Gasteiger partial charge in [-0.25, -0.2) is 0 Å². The Kier molecular flexibility index (Phi) is 5.37. The Morgan fingerprint density at radius 1 is 1.24 bits per heavy atom. The Labute approximate surface area is 133 Å². The first-order valence-electron chi connectivity index (χ1n) is 8.03. The first kappa shape index (κ1) is 16.4. The molecule has 0 aromatic heterocycles. The zero-order chi connectivity index (χ0) is 15.5. The quantitative estimate of drug-likeness (QED) is 0.816. The Morgan fingerprint density at radius 3 is 2.52 bits per heavy atom. The van der Waals surface area contributed by atoms with E-state index in [1.165, 1.54) is 24.1 Å². The minimum atomic E-state index is 0.141. The van der Waals surface area contributed by atoms with E-state index >= 15 is 0 Å². The van der Waals surface area contributed by atoms with Crippen LogP contribution in [0.4, 0.5) is 5.69 Å². The summed E-state index contributed by atoms with van der Waals surface area (Å²) in [6, 6.07) is 8.58. The van der Waals surface area contributed by atoms with Crippen molar-refractivity contribution in [1.82, 2.24) is 0 Å². The molecule has 1 unspecified atom stereocenters. The van der Waals surface area contributed by atoms with Gasteiger partial charge in [-0.05, 0) is 23.0 Å². The van der Waals surface area contributed by atoms with E-state index in [-0.39, 0.29) is 5.41 Å². The predicted molar refractivity (Wildman–Crippen MR) is 96.5 cm³/mol. The topological polar surface area (TPSA) is 24.4 Å². The molecule has 21 heavy (non-hydrogen) atoms. The lowest BCUT2D eigenvalue weighted by Gasteiger charge is -2.23. The molecule has 1 atom stereocenters. The van der Waals surface area contributed by atoms with Gasteiger partial charge in [0.2, 0.25) is 0 Å². The van der Waals surface area contributed by atoms with Crippen LogP contribution in [0.1, 0.15) is 53.0 Å². The molecule has 0 saturated heterocycles. The second-order valence-corrected chi connectivity index (χ2v) is 8.03. The van der Waals surface area contributed by atoms with Gasteiger partial charge in [-0.2, -0.15) is 0 Å². The third-order valence-electron chi connectivity index (χ3n) is 4.23. The summed E-state index contributed by atoms with van der Waals surface area (Å²) in [5.41, 5.74) is 2.68. The van der Waals surface area contributed by atoms with Gasteiger partial charge in [0.15, 0.2) is 5.17 Å². The standard InChI is InChI=1S/C18H28N2S/c1-6-13(7-2)16-12-19-17(21-16)20-15-11-9-8-10-14(15)18(3,4)5/h8-11,13,16H,6-7,12H2,1-5H3,(H,19,20). The highest BCUT2D eigenvalue weighted by atomic mass is 32.2. The van der Waals surface area contributed by atoms with Crippen LogP contribution < -0.4 is 5.32 Å². The summed E-state index contributed by atoms with van der Waals surface area (Å²) in [5, 5.41) is 5.29. The number of rotatable bonds is 4. The number of nitrogens with zero attached hydrogens (tertiary/aromatic N) is 1. The summed E-state index contributed by atoms with van der Waals surface area (Å²) < 4.78 is 0. The minimum Gasteiger partial charge on any atom is -0.335 e. The number of nitrogens with one attached hydrogen (secondary N) is 1. The largest absolute Gasteiger partial charge is 0.335 e. The van der Waals surface area contributed by atoms with Gasteiger partial charge in [0.25, 0.3) is 0 Å². The van der Waals surface area contributed by atoms with Crippen LogP contribution in [0.2, 0.25) is 0 Å². The highest BCUT2D eigenvalue weighted by molar-refractivity contribution is 8.15. The van der Waals surface area contributed by atoms with Gasteiger partial charge in [0, 0.05) is 10.9 Å². The maximum Gasteiger partial charge on any atom is 0.161 e. The van der Waals surface area contributed by atoms with Crippen molar-refractivity contribution in [2.24, 2.45) is 10.9 Å². The van der Waals surface area contributed by atoms with Gasteiger partial charge < -0.3 is 5.32 Å². The number of hydrogen-bond acceptors (Lipinski definition) is 3. The Bertz CT molecular complexity index is 498. The fourth-order valence-electron chi connectivity index (χ4n) is 2.88. The molecule has 1 heterocycles. The zero-order valence-corrected chi connectivity index (χ0v) is 14.8. The molecule has 1 N–H and O–H groups in total. The molecule has 0 saturated carbocycles. The molecule has 2 nitrogen and oxygen atoms in total. The summed E-state index contributed by atoms with van der Waals surface area (Å²) in [4.78, 5) is 4.72. The summed E-state index contributed by atoms with van der Waals surface area (Å²) >= 11 is 1.92. The molecule has 0 radical (unpaired) electrons. The molecule has 116 valence electrons. The summed E-state index contributed by atoms with van der Waals surface area (Å²) in [6.45, 7) is 12.3. The molecule has 2 rings (SSSR count). The van der Waals surface area contributed by atoms with E-state index in [4.69, 9.17) is 4.99 Å². The molecule has 1 aromatic rings. The second kappa shape index (κ2) is 6.87. The molecule has 1 aliphatic rings. The monoisotopic (exact) mass is 304 g/mol. The maximum absolute atomic E-state index is 4.72. The molecule has 0 aliphatic carbocycles. The lowest BCUT2D eigenvalue weighted by molar-refractivity contribution is 0.479. The summed E-state index contributed by atoms with van der Waals surface area (Å²) in [6.07, 6.45) is 2.49. The molecule has 3 heteroatoms. The van der Waals surface area contributed by atoms with E-state index < -0.39 is 0 Å². The van der Waals surface area contributed by atoms with E-state index in [9.17, 15) is 0 Å². The number of amidine groups is 1. The number of thioether (sulfide) groups is 1. The van der Waals surface area contributed by atoms with E-state index in [0.717, 1.165) is 17.6 Å². The molecule has 0 spiro atoms. The number of benzene rings is 1. The number of anilines is 1. The maximum atomic E-state index is 4.72. The lowest BCUT2D eigenvalue weighted by Crippen LogP contribution is -2.19. The SMILES string of the molecule is CCC(CC)C1CN=C(Nc2ccccc2C(C)(C)C)S1. The van der Waals surface area contributed by atoms with Crippen molar-refractivity contribution >= 4 is 22.6 Å². The van der Waals surface area contributed by atoms with Crippen LogP contribution in [-0.2, 0) is 5.41 Å². The smallest absolute Gasteiger partial charge is 0.161 e. The highest BCUT2D eigenvalue weighted by Crippen LogP contribution is 2.34. The van der Waals surface area contributed by atoms with Gasteiger partial charge in [-0.3, -0.25) is 4.99 Å². The Balaban J connectivity index is 2.08. The molecule has 1 aliphatic heterocycles. The van der Waals surface area contributed by atoms with Crippen molar-refractivity contribution in [3.8, 4) is 0 Å². The molecule has 0 amide bonds. The van der Waals surface area contributed by atoms with Gasteiger partial charge in [0.1, 0.15) is 0 Å². The van der Waals surface area contributed by atoms with Gasteiger partial charge in [0.05, 0.1) is 6.54 Å². The molecule has 0 bridgehead atoms. The van der Waals surface area contributed by atoms with Gasteiger partial charge in [-0.15, -0.1) is 0 Å². The second-order valence-electron chi connectivity index (χ2n) is 6.80. The van der Waals surface area contributed by atoms with Crippen LogP contribution in [0, 0.1) is 5.92 Å². The van der Waals surface area contributed by atoms with E-state index in [0.29, 0.717) is 5.25 Å². The molecule has 0 fully saturated rings. The normalized spacial score (nSPS) is 19.0. The summed E-state index contributed by atoms with van der Waals surface area (Å²) in [7, 11) is 0. The number of para-hydroxylation sites is 1. The van der Waals surface area contributed by atoms with Crippen LogP contribution in [-0.4, -0.2) is 17.0 Å². The third kappa shape index (κ3) is 4.03. The van der Waals surface area contributed by atoms with Crippen molar-refractivity contribution in [3.63, 3.8) is 0 Å². The number of hydrogen-bond donors (Lipinski definition) is 1. The van der Waals surface area contributed by atoms with Crippen LogP contribution in [0.5, 0.6) is 0 Å². The van der Waals surface area contributed by atoms with Crippen LogP contribution in [0.3, 0.4) is 0 Å². The van der Waals surface area contributed by atoms with Crippen molar-refractivity contribution in [1.29, 1.82) is 0 Å². The molecular weight excluding hydrogens is 276 g/mol. The average Bonchev–Trinajstić information content (AvgIpc) is 2.88. The molecular formula is C18H28N2S. The Morgan fingerprint density at radius 2 is 1.90 bits per heavy atom. The van der Waals surface area contributed by atoms with Crippen LogP contribution >= 0.6 is 11.8 Å². The molecule has 1 aromatic carbocycles. The first-order valence-corrected chi connectivity index (χ1v) is 8.91. The van der Waals surface area contributed by atoms with Crippen molar-refractivity contribution in [3.05, 3.63) is 29.8 Å². The van der Waals surface area contributed by atoms with Crippen molar-refractivity contribution < 1.29 is 0 Å². The van der Waals surface area contributed by atoms with Crippen LogP contribution in [0.25, 0.3) is 0 Å². The average molecular weight is 305 g/mol. The van der Waals surface area contributed by atoms with Crippen LogP contribution in [0.15, 0.2) is 29.3 Å². The first-order chi connectivity index (χ1) is 9.95. The van der Waals surface area contributed by atoms with E-state index in [2.05, 4.69) is 64.2 Å². The highest BCUT2D eigenvalue weighted by Gasteiger charge is 2.27. The lowest BCUT2D eigenvalue weighted by atomic mass is 9.86. The van der Waals surface area contributed by atoms with E-state index in [1.54, 1.807) is 0 Å². The van der Waals surface area contributed by atoms with Crippen molar-refractivity contribution in [2.75, 3.05) is 11.9 Å². The third-order valence-corrected chi connectivity index (χ3v) is 5.52. The number of aliphatic imine (C=N–C) groups is 1. The zero-order valence-electron chi connectivity index (χ0n) is 13.9. The van der Waals surface area contributed by atoms with Gasteiger partial charge >= 0.3 is 0 Å². The van der Waals surface area contributed by atoms with Gasteiger partial charge in [-0.1, -0.05) is 77.4 Å². The van der Waals surface area contributed by atoms with Crippen molar-refractivity contribution in [2.45, 2.75) is 58.1 Å². The van der Waals surface area contributed by atoms with E-state index in [1.807, 2.05) is 11.8 Å².